The summed E-state index contributed by atoms with van der Waals surface area (Å²) < 4.78 is 5.06. The Balaban J connectivity index is 2.77. The molecule has 4 N–H and O–H groups in total. The van der Waals surface area contributed by atoms with Gasteiger partial charge in [0.05, 0.1) is 0 Å². The van der Waals surface area contributed by atoms with Crippen molar-refractivity contribution in [3.8, 4) is 0 Å². The third-order valence-corrected chi connectivity index (χ3v) is 3.42. The molecule has 0 amide bonds. The minimum absolute atomic E-state index is 0.108. The SMILES string of the molecule is CC(C)SC1OC(C(=O)O)C(O)C(O)C1O. The lowest BCUT2D eigenvalue weighted by Gasteiger charge is -2.39. The highest BCUT2D eigenvalue weighted by atomic mass is 32.2. The van der Waals surface area contributed by atoms with Crippen LogP contribution in [0.5, 0.6) is 0 Å². The van der Waals surface area contributed by atoms with Crippen LogP contribution in [0.3, 0.4) is 0 Å². The molecule has 0 aromatic rings. The second-order valence-electron chi connectivity index (χ2n) is 3.92. The second kappa shape index (κ2) is 5.33. The van der Waals surface area contributed by atoms with Gasteiger partial charge < -0.3 is 25.2 Å². The standard InChI is InChI=1S/C9H16O6S/c1-3(2)16-9-6(12)4(10)5(11)7(15-9)8(13)14/h3-7,9-12H,1-2H3,(H,13,14). The van der Waals surface area contributed by atoms with Crippen molar-refractivity contribution in [2.45, 2.75) is 48.9 Å². The second-order valence-corrected chi connectivity index (χ2v) is 5.60. The van der Waals surface area contributed by atoms with Crippen LogP contribution >= 0.6 is 11.8 Å². The fourth-order valence-electron chi connectivity index (χ4n) is 1.43. The van der Waals surface area contributed by atoms with E-state index < -0.39 is 35.8 Å². The Morgan fingerprint density at radius 3 is 2.19 bits per heavy atom. The number of hydrogen-bond acceptors (Lipinski definition) is 6. The van der Waals surface area contributed by atoms with Crippen molar-refractivity contribution in [1.29, 1.82) is 0 Å². The van der Waals surface area contributed by atoms with Gasteiger partial charge in [-0.2, -0.15) is 0 Å². The summed E-state index contributed by atoms with van der Waals surface area (Å²) in [5.74, 6) is -1.35. The van der Waals surface area contributed by atoms with Gasteiger partial charge in [0.1, 0.15) is 23.7 Å². The predicted molar refractivity (Wildman–Crippen MR) is 57.0 cm³/mol. The number of carboxylic acid groups (broad SMARTS) is 1. The van der Waals surface area contributed by atoms with Gasteiger partial charge in [0.25, 0.3) is 0 Å². The fourth-order valence-corrected chi connectivity index (χ4v) is 2.48. The molecule has 0 saturated carbocycles. The maximum Gasteiger partial charge on any atom is 0.335 e. The van der Waals surface area contributed by atoms with E-state index in [2.05, 4.69) is 0 Å². The smallest absolute Gasteiger partial charge is 0.335 e. The molecule has 0 aromatic carbocycles. The van der Waals surface area contributed by atoms with Crippen LogP contribution in [0.4, 0.5) is 0 Å². The number of ether oxygens (including phenoxy) is 1. The van der Waals surface area contributed by atoms with Crippen LogP contribution in [0, 0.1) is 0 Å². The first kappa shape index (κ1) is 13.7. The number of aliphatic hydroxyl groups is 3. The quantitative estimate of drug-likeness (QED) is 0.511. The van der Waals surface area contributed by atoms with Gasteiger partial charge in [0, 0.05) is 5.25 Å². The molecule has 5 unspecified atom stereocenters. The summed E-state index contributed by atoms with van der Waals surface area (Å²) >= 11 is 1.20. The number of hydrogen-bond donors (Lipinski definition) is 4. The number of aliphatic carboxylic acids is 1. The van der Waals surface area contributed by atoms with E-state index in [0.717, 1.165) is 0 Å². The first-order valence-electron chi connectivity index (χ1n) is 4.92. The van der Waals surface area contributed by atoms with Crippen LogP contribution in [-0.4, -0.2) is 61.5 Å². The highest BCUT2D eigenvalue weighted by Gasteiger charge is 2.47. The number of rotatable bonds is 3. The summed E-state index contributed by atoms with van der Waals surface area (Å²) in [6.45, 7) is 3.71. The molecule has 16 heavy (non-hydrogen) atoms. The van der Waals surface area contributed by atoms with Gasteiger partial charge in [-0.3, -0.25) is 0 Å². The summed E-state index contributed by atoms with van der Waals surface area (Å²) in [5, 5.41) is 37.4. The normalized spacial score (nSPS) is 40.0. The lowest BCUT2D eigenvalue weighted by molar-refractivity contribution is -0.209. The first-order chi connectivity index (χ1) is 7.34. The van der Waals surface area contributed by atoms with Crippen molar-refractivity contribution in [1.82, 2.24) is 0 Å². The third-order valence-electron chi connectivity index (χ3n) is 2.22. The number of carboxylic acids is 1. The Kier molecular flexibility index (Phi) is 4.57. The van der Waals surface area contributed by atoms with Gasteiger partial charge in [0.15, 0.2) is 6.10 Å². The van der Waals surface area contributed by atoms with Crippen molar-refractivity contribution in [3.05, 3.63) is 0 Å². The van der Waals surface area contributed by atoms with Crippen molar-refractivity contribution >= 4 is 17.7 Å². The molecular weight excluding hydrogens is 236 g/mol. The van der Waals surface area contributed by atoms with Crippen molar-refractivity contribution in [3.63, 3.8) is 0 Å². The van der Waals surface area contributed by atoms with E-state index in [-0.39, 0.29) is 5.25 Å². The molecule has 1 saturated heterocycles. The van der Waals surface area contributed by atoms with Crippen LogP contribution < -0.4 is 0 Å². The number of carbonyl (C=O) groups is 1. The maximum absolute atomic E-state index is 10.8. The minimum Gasteiger partial charge on any atom is -0.479 e. The van der Waals surface area contributed by atoms with Crippen LogP contribution in [-0.2, 0) is 9.53 Å². The number of thioether (sulfide) groups is 1. The Hall–Kier alpha value is -0.340. The molecular formula is C9H16O6S. The Bertz CT molecular complexity index is 258. The van der Waals surface area contributed by atoms with Crippen LogP contribution in [0.15, 0.2) is 0 Å². The largest absolute Gasteiger partial charge is 0.479 e. The van der Waals surface area contributed by atoms with Crippen molar-refractivity contribution in [2.24, 2.45) is 0 Å². The molecule has 1 heterocycles. The average Bonchev–Trinajstić information content (AvgIpc) is 2.18. The Morgan fingerprint density at radius 1 is 1.19 bits per heavy atom. The third kappa shape index (κ3) is 2.86. The van der Waals surface area contributed by atoms with E-state index in [4.69, 9.17) is 9.84 Å². The minimum atomic E-state index is -1.61. The summed E-state index contributed by atoms with van der Waals surface area (Å²) in [6.07, 6.45) is -5.92. The van der Waals surface area contributed by atoms with E-state index in [1.54, 1.807) is 0 Å². The van der Waals surface area contributed by atoms with Crippen LogP contribution in [0.1, 0.15) is 13.8 Å². The van der Waals surface area contributed by atoms with Crippen molar-refractivity contribution in [2.75, 3.05) is 0 Å². The van der Waals surface area contributed by atoms with Crippen molar-refractivity contribution < 1.29 is 30.0 Å². The average molecular weight is 252 g/mol. The summed E-state index contributed by atoms with van der Waals surface area (Å²) in [7, 11) is 0. The predicted octanol–water partition coefficient (Wildman–Crippen LogP) is -0.980. The van der Waals surface area contributed by atoms with E-state index in [1.807, 2.05) is 13.8 Å². The lowest BCUT2D eigenvalue weighted by Crippen LogP contribution is -2.59. The summed E-state index contributed by atoms with van der Waals surface area (Å²) in [5.41, 5.74) is -0.848. The van der Waals surface area contributed by atoms with E-state index in [0.29, 0.717) is 0 Å². The van der Waals surface area contributed by atoms with Gasteiger partial charge in [-0.1, -0.05) is 13.8 Å². The van der Waals surface area contributed by atoms with Crippen LogP contribution in [0.2, 0.25) is 0 Å². The fraction of sp³-hybridized carbons (Fsp3) is 0.889. The molecule has 1 rings (SSSR count). The molecule has 0 radical (unpaired) electrons. The highest BCUT2D eigenvalue weighted by molar-refractivity contribution is 8.00. The zero-order chi connectivity index (χ0) is 12.5. The molecule has 0 aromatic heterocycles. The molecule has 5 atom stereocenters. The van der Waals surface area contributed by atoms with Crippen LogP contribution in [0.25, 0.3) is 0 Å². The van der Waals surface area contributed by atoms with E-state index in [9.17, 15) is 20.1 Å². The maximum atomic E-state index is 10.8. The lowest BCUT2D eigenvalue weighted by atomic mass is 10.0. The zero-order valence-corrected chi connectivity index (χ0v) is 9.79. The first-order valence-corrected chi connectivity index (χ1v) is 5.86. The summed E-state index contributed by atoms with van der Waals surface area (Å²) in [6, 6.07) is 0. The molecule has 0 aliphatic carbocycles. The van der Waals surface area contributed by atoms with Gasteiger partial charge in [0.2, 0.25) is 0 Å². The Labute approximate surface area is 97.2 Å². The Morgan fingerprint density at radius 2 is 1.75 bits per heavy atom. The molecule has 1 fully saturated rings. The van der Waals surface area contributed by atoms with E-state index in [1.165, 1.54) is 11.8 Å². The van der Waals surface area contributed by atoms with Gasteiger partial charge in [-0.25, -0.2) is 4.79 Å². The molecule has 1 aliphatic heterocycles. The molecule has 1 aliphatic rings. The van der Waals surface area contributed by atoms with Gasteiger partial charge >= 0.3 is 5.97 Å². The zero-order valence-electron chi connectivity index (χ0n) is 8.98. The molecule has 0 bridgehead atoms. The molecule has 94 valence electrons. The molecule has 6 nitrogen and oxygen atoms in total. The molecule has 0 spiro atoms. The monoisotopic (exact) mass is 252 g/mol. The van der Waals surface area contributed by atoms with Gasteiger partial charge in [-0.15, -0.1) is 11.8 Å². The van der Waals surface area contributed by atoms with E-state index >= 15 is 0 Å². The number of aliphatic hydroxyl groups excluding tert-OH is 3. The summed E-state index contributed by atoms with van der Waals surface area (Å²) in [4.78, 5) is 10.8. The van der Waals surface area contributed by atoms with Gasteiger partial charge in [-0.05, 0) is 0 Å². The topological polar surface area (TPSA) is 107 Å². The molecule has 7 heteroatoms. The highest BCUT2D eigenvalue weighted by Crippen LogP contribution is 2.30.